The molecule has 1 heterocycles. The maximum atomic E-state index is 11.3. The Bertz CT molecular complexity index is 511. The van der Waals surface area contributed by atoms with Gasteiger partial charge in [-0.3, -0.25) is 0 Å². The molecule has 0 spiro atoms. The monoisotopic (exact) mass is 206 g/mol. The molecule has 0 aliphatic rings. The van der Waals surface area contributed by atoms with Crippen molar-refractivity contribution in [2.45, 2.75) is 0 Å². The molecule has 0 aliphatic heterocycles. The molecule has 0 saturated carbocycles. The largest absolute Gasteiger partial charge is 0.871 e. The number of hydrogen-bond donors (Lipinski definition) is 2. The second kappa shape index (κ2) is 3.93. The van der Waals surface area contributed by atoms with Crippen molar-refractivity contribution in [1.82, 2.24) is 11.1 Å². The fourth-order valence-electron chi connectivity index (χ4n) is 1.24. The third-order valence-corrected chi connectivity index (χ3v) is 1.90. The SMILES string of the molecule is O=C(O)c1ccc2cccc([O-])c2n1.[NH4+]. The van der Waals surface area contributed by atoms with Crippen LogP contribution < -0.4 is 11.3 Å². The number of carbonyl (C=O) groups is 1. The molecule has 5 nitrogen and oxygen atoms in total. The number of rotatable bonds is 1. The van der Waals surface area contributed by atoms with Crippen molar-refractivity contribution in [3.8, 4) is 5.75 Å². The van der Waals surface area contributed by atoms with Crippen molar-refractivity contribution in [1.29, 1.82) is 0 Å². The smallest absolute Gasteiger partial charge is 0.354 e. The van der Waals surface area contributed by atoms with Gasteiger partial charge in [0, 0.05) is 0 Å². The number of aromatic carboxylic acids is 1. The van der Waals surface area contributed by atoms with E-state index in [1.165, 1.54) is 12.1 Å². The number of aromatic nitrogens is 1. The maximum Gasteiger partial charge on any atom is 0.354 e. The van der Waals surface area contributed by atoms with E-state index in [1.54, 1.807) is 18.2 Å². The first kappa shape index (κ1) is 10.9. The summed E-state index contributed by atoms with van der Waals surface area (Å²) in [5.41, 5.74) is 0.0909. The van der Waals surface area contributed by atoms with Crippen LogP contribution in [0.4, 0.5) is 0 Å². The van der Waals surface area contributed by atoms with Crippen LogP contribution in [0.5, 0.6) is 5.75 Å². The number of benzene rings is 1. The highest BCUT2D eigenvalue weighted by Gasteiger charge is 2.04. The van der Waals surface area contributed by atoms with E-state index in [-0.39, 0.29) is 23.1 Å². The van der Waals surface area contributed by atoms with Gasteiger partial charge in [0.1, 0.15) is 5.69 Å². The average Bonchev–Trinajstić information content (AvgIpc) is 2.18. The minimum absolute atomic E-state index is 0. The zero-order chi connectivity index (χ0) is 10.1. The van der Waals surface area contributed by atoms with Gasteiger partial charge in [-0.2, -0.15) is 0 Å². The van der Waals surface area contributed by atoms with Crippen LogP contribution in [0.15, 0.2) is 30.3 Å². The second-order valence-corrected chi connectivity index (χ2v) is 2.83. The first-order valence-corrected chi connectivity index (χ1v) is 3.98. The first-order valence-electron chi connectivity index (χ1n) is 3.98. The van der Waals surface area contributed by atoms with Gasteiger partial charge in [0.15, 0.2) is 0 Å². The fraction of sp³-hybridized carbons (Fsp3) is 0. The molecule has 1 aromatic heterocycles. The summed E-state index contributed by atoms with van der Waals surface area (Å²) in [6.07, 6.45) is 0. The molecule has 5 N–H and O–H groups in total. The van der Waals surface area contributed by atoms with Crippen molar-refractivity contribution in [2.24, 2.45) is 0 Å². The Balaban J connectivity index is 0.00000112. The summed E-state index contributed by atoms with van der Waals surface area (Å²) in [6, 6.07) is 7.65. The topological polar surface area (TPSA) is 110 Å². The number of pyridine rings is 1. The number of carboxylic acid groups (broad SMARTS) is 1. The summed E-state index contributed by atoms with van der Waals surface area (Å²) >= 11 is 0. The third kappa shape index (κ3) is 1.87. The lowest BCUT2D eigenvalue weighted by molar-refractivity contribution is -0.266. The van der Waals surface area contributed by atoms with Crippen LogP contribution >= 0.6 is 0 Å². The Morgan fingerprint density at radius 1 is 1.27 bits per heavy atom. The van der Waals surface area contributed by atoms with Crippen molar-refractivity contribution in [2.75, 3.05) is 0 Å². The summed E-state index contributed by atoms with van der Waals surface area (Å²) in [5, 5.41) is 20.6. The van der Waals surface area contributed by atoms with E-state index in [0.29, 0.717) is 5.39 Å². The highest BCUT2D eigenvalue weighted by atomic mass is 16.4. The van der Waals surface area contributed by atoms with E-state index in [9.17, 15) is 9.90 Å². The van der Waals surface area contributed by atoms with Gasteiger partial charge in [-0.15, -0.1) is 0 Å². The van der Waals surface area contributed by atoms with Gasteiger partial charge < -0.3 is 16.4 Å². The minimum Gasteiger partial charge on any atom is -0.871 e. The molecule has 2 aromatic rings. The molecule has 0 unspecified atom stereocenters. The van der Waals surface area contributed by atoms with Gasteiger partial charge in [-0.1, -0.05) is 30.0 Å². The lowest BCUT2D eigenvalue weighted by Gasteiger charge is -2.08. The quantitative estimate of drug-likeness (QED) is 0.734. The van der Waals surface area contributed by atoms with E-state index < -0.39 is 5.97 Å². The van der Waals surface area contributed by atoms with E-state index in [4.69, 9.17) is 5.11 Å². The van der Waals surface area contributed by atoms with Crippen LogP contribution in [-0.2, 0) is 0 Å². The molecule has 0 bridgehead atoms. The highest BCUT2D eigenvalue weighted by Crippen LogP contribution is 2.19. The molecule has 78 valence electrons. The summed E-state index contributed by atoms with van der Waals surface area (Å²) in [6.45, 7) is 0. The van der Waals surface area contributed by atoms with Gasteiger partial charge >= 0.3 is 5.97 Å². The molecule has 2 rings (SSSR count). The Kier molecular flexibility index (Phi) is 2.87. The van der Waals surface area contributed by atoms with Gasteiger partial charge in [-0.25, -0.2) is 9.78 Å². The normalized spacial score (nSPS) is 9.60. The van der Waals surface area contributed by atoms with Crippen LogP contribution in [0.1, 0.15) is 10.5 Å². The molecule has 0 radical (unpaired) electrons. The van der Waals surface area contributed by atoms with Gasteiger partial charge in [0.2, 0.25) is 0 Å². The first-order chi connectivity index (χ1) is 6.68. The Hall–Kier alpha value is -2.14. The number of nitrogens with zero attached hydrogens (tertiary/aromatic N) is 1. The second-order valence-electron chi connectivity index (χ2n) is 2.83. The van der Waals surface area contributed by atoms with Crippen molar-refractivity contribution in [3.05, 3.63) is 36.0 Å². The zero-order valence-corrected chi connectivity index (χ0v) is 8.10. The Morgan fingerprint density at radius 3 is 2.67 bits per heavy atom. The maximum absolute atomic E-state index is 11.3. The van der Waals surface area contributed by atoms with Crippen LogP contribution in [0, 0.1) is 0 Å². The minimum atomic E-state index is -1.13. The van der Waals surface area contributed by atoms with Crippen molar-refractivity contribution in [3.63, 3.8) is 0 Å². The number of para-hydroxylation sites is 1. The molecule has 0 aliphatic carbocycles. The molecular weight excluding hydrogens is 196 g/mol. The Morgan fingerprint density at radius 2 is 2.00 bits per heavy atom. The fourth-order valence-corrected chi connectivity index (χ4v) is 1.24. The molecule has 0 fully saturated rings. The van der Waals surface area contributed by atoms with Crippen LogP contribution in [-0.4, -0.2) is 16.1 Å². The highest BCUT2D eigenvalue weighted by molar-refractivity contribution is 5.91. The van der Waals surface area contributed by atoms with Gasteiger partial charge in [0.25, 0.3) is 0 Å². The van der Waals surface area contributed by atoms with Gasteiger partial charge in [0.05, 0.1) is 5.52 Å². The Labute approximate surface area is 85.6 Å². The number of hydrogen-bond acceptors (Lipinski definition) is 3. The summed E-state index contributed by atoms with van der Waals surface area (Å²) in [7, 11) is 0. The van der Waals surface area contributed by atoms with Crippen LogP contribution in [0.25, 0.3) is 10.9 Å². The predicted octanol–water partition coefficient (Wildman–Crippen LogP) is 1.38. The lowest BCUT2D eigenvalue weighted by Crippen LogP contribution is -2.01. The van der Waals surface area contributed by atoms with Crippen molar-refractivity contribution < 1.29 is 15.0 Å². The van der Waals surface area contributed by atoms with Crippen molar-refractivity contribution >= 4 is 16.9 Å². The summed E-state index contributed by atoms with van der Waals surface area (Å²) in [5.74, 6) is -1.39. The molecule has 5 heteroatoms. The average molecular weight is 206 g/mol. The number of quaternary nitrogens is 1. The van der Waals surface area contributed by atoms with Gasteiger partial charge in [-0.05, 0) is 11.5 Å². The summed E-state index contributed by atoms with van der Waals surface area (Å²) < 4.78 is 0. The van der Waals surface area contributed by atoms with E-state index in [0.717, 1.165) is 0 Å². The predicted molar refractivity (Wildman–Crippen MR) is 54.1 cm³/mol. The molecule has 0 amide bonds. The molecule has 1 aromatic carbocycles. The van der Waals surface area contributed by atoms with E-state index >= 15 is 0 Å². The lowest BCUT2D eigenvalue weighted by atomic mass is 10.2. The molecular formula is C10H10N2O3. The molecule has 15 heavy (non-hydrogen) atoms. The summed E-state index contributed by atoms with van der Waals surface area (Å²) in [4.78, 5) is 14.4. The molecule has 0 saturated heterocycles. The zero-order valence-electron chi connectivity index (χ0n) is 8.10. The third-order valence-electron chi connectivity index (χ3n) is 1.90. The van der Waals surface area contributed by atoms with Crippen LogP contribution in [0.2, 0.25) is 0 Å². The number of fused-ring (bicyclic) bond motifs is 1. The van der Waals surface area contributed by atoms with Crippen LogP contribution in [0.3, 0.4) is 0 Å². The van der Waals surface area contributed by atoms with E-state index in [2.05, 4.69) is 4.98 Å². The molecule has 0 atom stereocenters. The van der Waals surface area contributed by atoms with E-state index in [1.807, 2.05) is 0 Å². The standard InChI is InChI=1S/C10H7NO3.H3N/c12-8-3-1-2-6-4-5-7(10(13)14)11-9(6)8;/h1-5,12H,(H,13,14);1H3. The number of carboxylic acids is 1.